The van der Waals surface area contributed by atoms with Gasteiger partial charge in [0.05, 0.1) is 33.9 Å². The van der Waals surface area contributed by atoms with Gasteiger partial charge in [-0.2, -0.15) is 4.40 Å². The van der Waals surface area contributed by atoms with E-state index < -0.39 is 29.0 Å². The van der Waals surface area contributed by atoms with E-state index in [4.69, 9.17) is 4.74 Å². The van der Waals surface area contributed by atoms with E-state index in [-0.39, 0.29) is 41.9 Å². The van der Waals surface area contributed by atoms with Crippen molar-refractivity contribution in [2.24, 2.45) is 11.8 Å². The monoisotopic (exact) mass is 642 g/mol. The Morgan fingerprint density at radius 1 is 1.30 bits per heavy atom. The van der Waals surface area contributed by atoms with Crippen molar-refractivity contribution in [1.29, 1.82) is 0 Å². The number of thiazole rings is 1. The van der Waals surface area contributed by atoms with E-state index >= 15 is 0 Å². The zero-order chi connectivity index (χ0) is 31.4. The smallest absolute Gasteiger partial charge is 0.410 e. The van der Waals surface area contributed by atoms with Gasteiger partial charge in [0.1, 0.15) is 25.0 Å². The maximum absolute atomic E-state index is 13.0. The molecule has 1 aromatic carbocycles. The molecule has 6 rings (SSSR count). The second kappa shape index (κ2) is 11.5. The average Bonchev–Trinajstić information content (AvgIpc) is 3.73. The summed E-state index contributed by atoms with van der Waals surface area (Å²) in [6.45, 7) is 4.60. The highest BCUT2D eigenvalue weighted by Gasteiger charge is 2.60. The molecular formula is C29H32N5O8S2+. The number of imidazole rings is 1. The van der Waals surface area contributed by atoms with E-state index in [0.29, 0.717) is 24.2 Å². The van der Waals surface area contributed by atoms with Gasteiger partial charge in [-0.05, 0) is 43.7 Å². The number of amides is 2. The van der Waals surface area contributed by atoms with Crippen LogP contribution in [-0.2, 0) is 27.5 Å². The highest BCUT2D eigenvalue weighted by atomic mass is 32.2. The van der Waals surface area contributed by atoms with Crippen molar-refractivity contribution in [2.75, 3.05) is 12.8 Å². The van der Waals surface area contributed by atoms with Gasteiger partial charge in [0.2, 0.25) is 15.8 Å². The van der Waals surface area contributed by atoms with E-state index in [2.05, 4.69) is 4.57 Å². The number of aliphatic hydroxyl groups excluding tert-OH is 1. The first-order valence-corrected chi connectivity index (χ1v) is 16.3. The van der Waals surface area contributed by atoms with E-state index in [0.717, 1.165) is 27.6 Å². The van der Waals surface area contributed by atoms with Crippen molar-refractivity contribution >= 4 is 57.2 Å². The summed E-state index contributed by atoms with van der Waals surface area (Å²) in [5.74, 6) is -2.40. The number of hydrogen-bond acceptors (Lipinski definition) is 9. The maximum Gasteiger partial charge on any atom is 0.410 e. The predicted molar refractivity (Wildman–Crippen MR) is 160 cm³/mol. The Hall–Kier alpha value is -3.95. The van der Waals surface area contributed by atoms with Crippen LogP contribution in [0.25, 0.3) is 10.4 Å². The SMILES string of the molecule is CSc1c2sc(C3=C(C(=O)O)N4C(=O)[C@H]([C@@H](C)O)[C@H]4[C@H]3C)cn2c[n+]1C[C@H]1CCCN1C(=O)OCc1ccc([N+](=O)[O-])cc1. The van der Waals surface area contributed by atoms with E-state index in [1.807, 2.05) is 30.1 Å². The summed E-state index contributed by atoms with van der Waals surface area (Å²) in [7, 11) is 0. The Kier molecular flexibility index (Phi) is 7.88. The number of carbonyl (C=O) groups is 3. The predicted octanol–water partition coefficient (Wildman–Crippen LogP) is 3.37. The number of nitro benzene ring substituents is 1. The van der Waals surface area contributed by atoms with Gasteiger partial charge in [-0.1, -0.05) is 30.0 Å². The molecule has 2 aromatic heterocycles. The molecule has 13 nitrogen and oxygen atoms in total. The minimum atomic E-state index is -1.16. The van der Waals surface area contributed by atoms with Crippen LogP contribution in [0.4, 0.5) is 10.5 Å². The molecule has 0 aliphatic carbocycles. The topological polar surface area (TPSA) is 159 Å². The number of carbonyl (C=O) groups excluding carboxylic acids is 2. The molecule has 2 fully saturated rings. The second-order valence-electron chi connectivity index (χ2n) is 11.4. The Labute approximate surface area is 260 Å². The standard InChI is InChI=1S/C29H31N5O8S2/c1-15-21(24(28(37)38)33-23(15)22(16(2)35)25(33)36)20-12-31-14-30(26(43-3)27(31)44-20)11-19-5-4-10-32(19)29(39)42-13-17-6-8-18(9-7-17)34(40)41/h6-9,12,14-16,19,22-23,35H,4-5,10-11,13H2,1-3H3/p+1/t15-,16+,19+,22+,23+/m0/s1. The molecule has 0 radical (unpaired) electrons. The first-order chi connectivity index (χ1) is 21.0. The van der Waals surface area contributed by atoms with Crippen molar-refractivity contribution in [1.82, 2.24) is 14.2 Å². The summed E-state index contributed by atoms with van der Waals surface area (Å²) in [5, 5.41) is 32.1. The number of hydrogen-bond donors (Lipinski definition) is 2. The average molecular weight is 643 g/mol. The number of ether oxygens (including phenoxy) is 1. The number of carboxylic acid groups (broad SMARTS) is 1. The molecule has 232 valence electrons. The van der Waals surface area contributed by atoms with E-state index in [1.165, 1.54) is 28.4 Å². The summed E-state index contributed by atoms with van der Waals surface area (Å²) >= 11 is 3.02. The highest BCUT2D eigenvalue weighted by Crippen LogP contribution is 2.51. The summed E-state index contributed by atoms with van der Waals surface area (Å²) in [6, 6.07) is 5.43. The molecule has 5 atom stereocenters. The molecule has 0 bridgehead atoms. The van der Waals surface area contributed by atoms with Crippen LogP contribution in [0, 0.1) is 22.0 Å². The zero-order valence-corrected chi connectivity index (χ0v) is 25.9. The van der Waals surface area contributed by atoms with Gasteiger partial charge in [-0.3, -0.25) is 14.9 Å². The molecule has 3 aliphatic heterocycles. The number of carboxylic acids is 1. The minimum absolute atomic E-state index is 0.0127. The van der Waals surface area contributed by atoms with Crippen molar-refractivity contribution in [3.05, 3.63) is 63.0 Å². The lowest BCUT2D eigenvalue weighted by Crippen LogP contribution is -2.63. The molecule has 2 amide bonds. The van der Waals surface area contributed by atoms with E-state index in [9.17, 15) is 34.7 Å². The van der Waals surface area contributed by atoms with Gasteiger partial charge in [0.15, 0.2) is 0 Å². The number of nitrogens with zero attached hydrogens (tertiary/aromatic N) is 5. The van der Waals surface area contributed by atoms with Crippen molar-refractivity contribution < 1.29 is 38.8 Å². The Morgan fingerprint density at radius 2 is 2.02 bits per heavy atom. The summed E-state index contributed by atoms with van der Waals surface area (Å²) in [6.07, 6.45) is 6.16. The number of nitro groups is 1. The molecule has 44 heavy (non-hydrogen) atoms. The number of aliphatic carboxylic acids is 1. The fraction of sp³-hybridized carbons (Fsp3) is 0.448. The molecule has 2 N–H and O–H groups in total. The molecule has 2 saturated heterocycles. The van der Waals surface area contributed by atoms with Crippen LogP contribution in [0.1, 0.15) is 37.1 Å². The van der Waals surface area contributed by atoms with Crippen LogP contribution in [-0.4, -0.2) is 78.3 Å². The van der Waals surface area contributed by atoms with Crippen LogP contribution in [0.5, 0.6) is 0 Å². The van der Waals surface area contributed by atoms with Crippen molar-refractivity contribution in [2.45, 2.75) is 63.1 Å². The largest absolute Gasteiger partial charge is 0.477 e. The number of β-lactam (4-membered cyclic amide) rings is 1. The van der Waals surface area contributed by atoms with Crippen LogP contribution >= 0.6 is 23.1 Å². The third kappa shape index (κ3) is 4.92. The fourth-order valence-electron chi connectivity index (χ4n) is 6.72. The van der Waals surface area contributed by atoms with Gasteiger partial charge in [-0.15, -0.1) is 0 Å². The van der Waals surface area contributed by atoms with E-state index in [1.54, 1.807) is 35.7 Å². The van der Waals surface area contributed by atoms with Gasteiger partial charge < -0.3 is 24.7 Å². The number of likely N-dealkylation sites (tertiary alicyclic amines) is 1. The lowest BCUT2D eigenvalue weighted by atomic mass is 9.77. The van der Waals surface area contributed by atoms with Gasteiger partial charge in [0, 0.05) is 30.2 Å². The summed E-state index contributed by atoms with van der Waals surface area (Å²) in [5.41, 5.74) is 1.23. The normalized spacial score (nSPS) is 23.7. The fourth-order valence-corrected chi connectivity index (χ4v) is 8.91. The van der Waals surface area contributed by atoms with Gasteiger partial charge in [-0.25, -0.2) is 14.2 Å². The second-order valence-corrected chi connectivity index (χ2v) is 13.2. The first-order valence-electron chi connectivity index (χ1n) is 14.2. The Morgan fingerprint density at radius 3 is 2.66 bits per heavy atom. The lowest BCUT2D eigenvalue weighted by Gasteiger charge is -2.46. The molecule has 5 heterocycles. The third-order valence-corrected chi connectivity index (χ3v) is 10.9. The number of aliphatic hydroxyl groups is 1. The summed E-state index contributed by atoms with van der Waals surface area (Å²) < 4.78 is 9.60. The van der Waals surface area contributed by atoms with Crippen LogP contribution in [0.3, 0.4) is 0 Å². The van der Waals surface area contributed by atoms with Gasteiger partial charge in [0.25, 0.3) is 12.0 Å². The highest BCUT2D eigenvalue weighted by molar-refractivity contribution is 7.98. The first kappa shape index (κ1) is 30.1. The molecule has 3 aliphatic rings. The number of non-ortho nitro benzene ring substituents is 1. The molecular weight excluding hydrogens is 610 g/mol. The van der Waals surface area contributed by atoms with Crippen molar-refractivity contribution in [3.63, 3.8) is 0 Å². The Bertz CT molecular complexity index is 1700. The molecule has 0 saturated carbocycles. The number of rotatable bonds is 9. The number of benzene rings is 1. The molecule has 0 spiro atoms. The van der Waals surface area contributed by atoms with Crippen LogP contribution in [0.15, 0.2) is 47.5 Å². The van der Waals surface area contributed by atoms with Crippen molar-refractivity contribution in [3.8, 4) is 0 Å². The van der Waals surface area contributed by atoms with Crippen LogP contribution in [0.2, 0.25) is 0 Å². The van der Waals surface area contributed by atoms with Crippen LogP contribution < -0.4 is 4.57 Å². The Balaban J connectivity index is 1.20. The lowest BCUT2D eigenvalue weighted by molar-refractivity contribution is -0.733. The number of fused-ring (bicyclic) bond motifs is 2. The molecule has 15 heteroatoms. The maximum atomic E-state index is 13.0. The summed E-state index contributed by atoms with van der Waals surface area (Å²) in [4.78, 5) is 53.3. The quantitative estimate of drug-likeness (QED) is 0.117. The molecule has 3 aromatic rings. The third-order valence-electron chi connectivity index (χ3n) is 8.77. The number of aromatic nitrogens is 2. The van der Waals surface area contributed by atoms with Gasteiger partial charge >= 0.3 is 12.1 Å². The minimum Gasteiger partial charge on any atom is -0.477 e. The number of thioether (sulfide) groups is 1. The molecule has 0 unspecified atom stereocenters. The zero-order valence-electron chi connectivity index (χ0n) is 24.3.